The molecule has 1 aromatic rings. The third-order valence-electron chi connectivity index (χ3n) is 5.06. The Morgan fingerprint density at radius 1 is 1.31 bits per heavy atom. The van der Waals surface area contributed by atoms with Crippen molar-refractivity contribution in [2.45, 2.75) is 46.0 Å². The average Bonchev–Trinajstić information content (AvgIpc) is 2.93. The quantitative estimate of drug-likeness (QED) is 0.820. The molecule has 2 amide bonds. The highest BCUT2D eigenvalue weighted by atomic mass is 16.5. The van der Waals surface area contributed by atoms with Gasteiger partial charge in [-0.3, -0.25) is 14.4 Å². The van der Waals surface area contributed by atoms with Crippen molar-refractivity contribution in [2.24, 2.45) is 5.92 Å². The van der Waals surface area contributed by atoms with Gasteiger partial charge in [0.05, 0.1) is 18.2 Å². The van der Waals surface area contributed by atoms with Crippen LogP contribution >= 0.6 is 0 Å². The summed E-state index contributed by atoms with van der Waals surface area (Å²) in [4.78, 5) is 38.9. The zero-order valence-electron chi connectivity index (χ0n) is 15.8. The molecule has 26 heavy (non-hydrogen) atoms. The first kappa shape index (κ1) is 19.9. The van der Waals surface area contributed by atoms with Gasteiger partial charge in [0.15, 0.2) is 0 Å². The monoisotopic (exact) mass is 365 g/mol. The number of likely N-dealkylation sites (N-methyl/N-ethyl adjacent to an activating group) is 1. The predicted molar refractivity (Wildman–Crippen MR) is 93.6 cm³/mol. The van der Waals surface area contributed by atoms with Crippen LogP contribution in [0.3, 0.4) is 0 Å². The maximum absolute atomic E-state index is 12.5. The molecule has 1 saturated heterocycles. The van der Waals surface area contributed by atoms with Gasteiger partial charge in [-0.05, 0) is 32.6 Å². The van der Waals surface area contributed by atoms with Gasteiger partial charge in [0, 0.05) is 32.1 Å². The lowest BCUT2D eigenvalue weighted by molar-refractivity contribution is -0.146. The second kappa shape index (κ2) is 8.33. The molecule has 8 nitrogen and oxygen atoms in total. The number of nitrogens with zero attached hydrogens (tertiary/aromatic N) is 3. The number of hydrogen-bond acceptors (Lipinski definition) is 5. The lowest BCUT2D eigenvalue weighted by Crippen LogP contribution is -2.45. The van der Waals surface area contributed by atoms with Crippen LogP contribution < -0.4 is 0 Å². The van der Waals surface area contributed by atoms with Crippen LogP contribution in [0.25, 0.3) is 0 Å². The Morgan fingerprint density at radius 2 is 1.92 bits per heavy atom. The number of amides is 2. The second-order valence-corrected chi connectivity index (χ2v) is 7.09. The predicted octanol–water partition coefficient (Wildman–Crippen LogP) is 1.57. The number of hydrogen-bond donors (Lipinski definition) is 1. The Morgan fingerprint density at radius 3 is 2.42 bits per heavy atom. The summed E-state index contributed by atoms with van der Waals surface area (Å²) in [6, 6.07) is 0. The summed E-state index contributed by atoms with van der Waals surface area (Å²) in [5, 5.41) is 12.9. The molecule has 2 rings (SSSR count). The zero-order chi connectivity index (χ0) is 19.4. The van der Waals surface area contributed by atoms with E-state index in [0.29, 0.717) is 31.7 Å². The minimum Gasteiger partial charge on any atom is -0.481 e. The SMILES string of the molecule is Cc1noc(C)c1C(C)CC(=O)N(C)CC(=O)N1CCC(C(=O)O)CC1. The number of rotatable bonds is 6. The van der Waals surface area contributed by atoms with Crippen LogP contribution in [0.4, 0.5) is 0 Å². The number of piperidine rings is 1. The van der Waals surface area contributed by atoms with Gasteiger partial charge in [0.1, 0.15) is 5.76 Å². The van der Waals surface area contributed by atoms with E-state index in [1.54, 1.807) is 11.9 Å². The van der Waals surface area contributed by atoms with Crippen molar-refractivity contribution >= 4 is 17.8 Å². The van der Waals surface area contributed by atoms with Crippen LogP contribution in [0.1, 0.15) is 49.1 Å². The van der Waals surface area contributed by atoms with E-state index >= 15 is 0 Å². The van der Waals surface area contributed by atoms with Crippen molar-refractivity contribution in [3.05, 3.63) is 17.0 Å². The normalized spacial score (nSPS) is 16.4. The van der Waals surface area contributed by atoms with E-state index in [0.717, 1.165) is 11.3 Å². The van der Waals surface area contributed by atoms with Gasteiger partial charge in [-0.1, -0.05) is 12.1 Å². The molecule has 0 aromatic carbocycles. The first-order valence-electron chi connectivity index (χ1n) is 8.88. The molecule has 1 atom stereocenters. The molecular formula is C18H27N3O5. The van der Waals surface area contributed by atoms with Gasteiger partial charge in [-0.2, -0.15) is 0 Å². The van der Waals surface area contributed by atoms with Crippen LogP contribution in [-0.2, 0) is 14.4 Å². The molecule has 144 valence electrons. The molecule has 1 aromatic heterocycles. The largest absolute Gasteiger partial charge is 0.481 e. The van der Waals surface area contributed by atoms with Crippen LogP contribution in [0, 0.1) is 19.8 Å². The highest BCUT2D eigenvalue weighted by Gasteiger charge is 2.28. The number of carboxylic acids is 1. The third kappa shape index (κ3) is 4.62. The van der Waals surface area contributed by atoms with Crippen LogP contribution in [0.15, 0.2) is 4.52 Å². The van der Waals surface area contributed by atoms with Crippen molar-refractivity contribution < 1.29 is 24.0 Å². The summed E-state index contributed by atoms with van der Waals surface area (Å²) in [7, 11) is 1.62. The molecule has 2 heterocycles. The van der Waals surface area contributed by atoms with Gasteiger partial charge in [0.2, 0.25) is 11.8 Å². The second-order valence-electron chi connectivity index (χ2n) is 7.09. The van der Waals surface area contributed by atoms with Gasteiger partial charge >= 0.3 is 5.97 Å². The molecule has 0 saturated carbocycles. The summed E-state index contributed by atoms with van der Waals surface area (Å²) >= 11 is 0. The molecular weight excluding hydrogens is 338 g/mol. The van der Waals surface area contributed by atoms with E-state index in [1.165, 1.54) is 4.90 Å². The van der Waals surface area contributed by atoms with Crippen molar-refractivity contribution in [3.63, 3.8) is 0 Å². The van der Waals surface area contributed by atoms with E-state index in [-0.39, 0.29) is 36.6 Å². The minimum atomic E-state index is -0.808. The molecule has 1 fully saturated rings. The van der Waals surface area contributed by atoms with Gasteiger partial charge in [-0.15, -0.1) is 0 Å². The molecule has 1 unspecified atom stereocenters. The van der Waals surface area contributed by atoms with Crippen LogP contribution in [0.5, 0.6) is 0 Å². The fourth-order valence-corrected chi connectivity index (χ4v) is 3.48. The summed E-state index contributed by atoms with van der Waals surface area (Å²) in [5.41, 5.74) is 1.72. The summed E-state index contributed by atoms with van der Waals surface area (Å²) in [6.07, 6.45) is 1.19. The van der Waals surface area contributed by atoms with Gasteiger partial charge < -0.3 is 19.4 Å². The minimum absolute atomic E-state index is 0.00485. The highest BCUT2D eigenvalue weighted by Crippen LogP contribution is 2.26. The van der Waals surface area contributed by atoms with Gasteiger partial charge in [-0.25, -0.2) is 0 Å². The van der Waals surface area contributed by atoms with Crippen molar-refractivity contribution in [1.82, 2.24) is 15.0 Å². The third-order valence-corrected chi connectivity index (χ3v) is 5.06. The fourth-order valence-electron chi connectivity index (χ4n) is 3.48. The first-order valence-corrected chi connectivity index (χ1v) is 8.88. The number of aryl methyl sites for hydroxylation is 2. The zero-order valence-corrected chi connectivity index (χ0v) is 15.8. The first-order chi connectivity index (χ1) is 12.2. The Labute approximate surface area is 153 Å². The molecule has 1 N–H and O–H groups in total. The number of carboxylic acid groups (broad SMARTS) is 1. The standard InChI is InChI=1S/C18H27N3O5/c1-11(17-12(2)19-26-13(17)3)9-15(22)20(4)10-16(23)21-7-5-14(6-8-21)18(24)25/h11,14H,5-10H2,1-4H3,(H,24,25). The van der Waals surface area contributed by atoms with E-state index in [1.807, 2.05) is 20.8 Å². The highest BCUT2D eigenvalue weighted by molar-refractivity contribution is 5.85. The van der Waals surface area contributed by atoms with E-state index < -0.39 is 5.97 Å². The molecule has 1 aliphatic rings. The number of carbonyl (C=O) groups is 3. The summed E-state index contributed by atoms with van der Waals surface area (Å²) < 4.78 is 5.15. The van der Waals surface area contributed by atoms with Crippen LogP contribution in [-0.4, -0.2) is 64.5 Å². The maximum atomic E-state index is 12.5. The fraction of sp³-hybridized carbons (Fsp3) is 0.667. The van der Waals surface area contributed by atoms with Crippen molar-refractivity contribution in [1.29, 1.82) is 0 Å². The topological polar surface area (TPSA) is 104 Å². The molecule has 1 aliphatic heterocycles. The molecule has 0 aliphatic carbocycles. The van der Waals surface area contributed by atoms with Crippen molar-refractivity contribution in [3.8, 4) is 0 Å². The van der Waals surface area contributed by atoms with Crippen molar-refractivity contribution in [2.75, 3.05) is 26.7 Å². The molecule has 0 radical (unpaired) electrons. The average molecular weight is 365 g/mol. The molecule has 0 spiro atoms. The smallest absolute Gasteiger partial charge is 0.306 e. The van der Waals surface area contributed by atoms with E-state index in [2.05, 4.69) is 5.16 Å². The Kier molecular flexibility index (Phi) is 6.39. The van der Waals surface area contributed by atoms with Crippen LogP contribution in [0.2, 0.25) is 0 Å². The molecule has 8 heteroatoms. The van der Waals surface area contributed by atoms with E-state index in [9.17, 15) is 14.4 Å². The van der Waals surface area contributed by atoms with Gasteiger partial charge in [0.25, 0.3) is 0 Å². The number of likely N-dealkylation sites (tertiary alicyclic amines) is 1. The molecule has 0 bridgehead atoms. The lowest BCUT2D eigenvalue weighted by atomic mass is 9.95. The van der Waals surface area contributed by atoms with E-state index in [4.69, 9.17) is 9.63 Å². The Balaban J connectivity index is 1.85. The number of aromatic nitrogens is 1. The lowest BCUT2D eigenvalue weighted by Gasteiger charge is -2.31. The Hall–Kier alpha value is -2.38. The maximum Gasteiger partial charge on any atom is 0.306 e. The summed E-state index contributed by atoms with van der Waals surface area (Å²) in [6.45, 7) is 6.47. The summed E-state index contributed by atoms with van der Waals surface area (Å²) in [5.74, 6) is -0.784. The number of carbonyl (C=O) groups excluding carboxylic acids is 2. The number of aliphatic carboxylic acids is 1. The Bertz CT molecular complexity index is 657.